The molecule has 1 aliphatic rings. The van der Waals surface area contributed by atoms with Crippen molar-refractivity contribution in [3.63, 3.8) is 0 Å². The monoisotopic (exact) mass is 206 g/mol. The lowest BCUT2D eigenvalue weighted by atomic mass is 9.79. The quantitative estimate of drug-likeness (QED) is 0.706. The van der Waals surface area contributed by atoms with Gasteiger partial charge in [0, 0.05) is 0 Å². The lowest BCUT2D eigenvalue weighted by Crippen LogP contribution is -2.45. The second-order valence-corrected chi connectivity index (χ2v) is 4.17. The van der Waals surface area contributed by atoms with Gasteiger partial charge in [0.05, 0.1) is 18.6 Å². The summed E-state index contributed by atoms with van der Waals surface area (Å²) in [4.78, 5) is 10.5. The van der Waals surface area contributed by atoms with Crippen molar-refractivity contribution in [2.24, 2.45) is 5.41 Å². The van der Waals surface area contributed by atoms with E-state index in [2.05, 4.69) is 6.92 Å². The molecule has 1 aromatic carbocycles. The van der Waals surface area contributed by atoms with Crippen LogP contribution in [0.3, 0.4) is 0 Å². The lowest BCUT2D eigenvalue weighted by molar-refractivity contribution is -0.182. The molecule has 15 heavy (non-hydrogen) atoms. The standard InChI is InChI=1S/C12H14O3/c1-12(7-14-8-12)11(15-9-13)10-5-3-2-4-6-10/h2-6,9,11H,7-8H2,1H3. The molecule has 1 unspecified atom stereocenters. The van der Waals surface area contributed by atoms with Gasteiger partial charge in [-0.25, -0.2) is 0 Å². The third-order valence-electron chi connectivity index (χ3n) is 2.79. The van der Waals surface area contributed by atoms with E-state index in [9.17, 15) is 4.79 Å². The summed E-state index contributed by atoms with van der Waals surface area (Å²) >= 11 is 0. The third kappa shape index (κ3) is 1.88. The van der Waals surface area contributed by atoms with Gasteiger partial charge in [-0.1, -0.05) is 37.3 Å². The van der Waals surface area contributed by atoms with Crippen LogP contribution in [0.2, 0.25) is 0 Å². The Kier molecular flexibility index (Phi) is 2.73. The molecule has 0 amide bonds. The normalized spacial score (nSPS) is 20.1. The van der Waals surface area contributed by atoms with Crippen LogP contribution in [0.4, 0.5) is 0 Å². The molecule has 80 valence electrons. The maximum atomic E-state index is 10.5. The lowest BCUT2D eigenvalue weighted by Gasteiger charge is -2.43. The minimum absolute atomic E-state index is 0.0811. The highest BCUT2D eigenvalue weighted by Gasteiger charge is 2.43. The van der Waals surface area contributed by atoms with E-state index in [1.165, 1.54) is 0 Å². The summed E-state index contributed by atoms with van der Waals surface area (Å²) in [6.45, 7) is 3.86. The Morgan fingerprint density at radius 1 is 1.40 bits per heavy atom. The fraction of sp³-hybridized carbons (Fsp3) is 0.417. The van der Waals surface area contributed by atoms with Crippen molar-refractivity contribution in [2.45, 2.75) is 13.0 Å². The van der Waals surface area contributed by atoms with Crippen molar-refractivity contribution in [3.8, 4) is 0 Å². The van der Waals surface area contributed by atoms with Gasteiger partial charge in [-0.05, 0) is 5.56 Å². The van der Waals surface area contributed by atoms with Gasteiger partial charge in [0.25, 0.3) is 6.47 Å². The van der Waals surface area contributed by atoms with Crippen LogP contribution >= 0.6 is 0 Å². The topological polar surface area (TPSA) is 35.5 Å². The second kappa shape index (κ2) is 4.03. The number of benzene rings is 1. The molecule has 0 bridgehead atoms. The molecule has 2 rings (SSSR count). The zero-order valence-corrected chi connectivity index (χ0v) is 8.68. The molecular formula is C12H14O3. The van der Waals surface area contributed by atoms with Gasteiger partial charge >= 0.3 is 0 Å². The molecule has 3 heteroatoms. The predicted octanol–water partition coefficient (Wildman–Crippen LogP) is 1.94. The molecular weight excluding hydrogens is 192 g/mol. The molecule has 3 nitrogen and oxygen atoms in total. The summed E-state index contributed by atoms with van der Waals surface area (Å²) in [5, 5.41) is 0. The highest BCUT2D eigenvalue weighted by Crippen LogP contribution is 2.42. The first kappa shape index (κ1) is 10.2. The molecule has 0 radical (unpaired) electrons. The zero-order valence-electron chi connectivity index (χ0n) is 8.68. The Morgan fingerprint density at radius 3 is 2.53 bits per heavy atom. The van der Waals surface area contributed by atoms with Gasteiger partial charge in [-0.15, -0.1) is 0 Å². The second-order valence-electron chi connectivity index (χ2n) is 4.17. The van der Waals surface area contributed by atoms with Crippen molar-refractivity contribution in [1.29, 1.82) is 0 Å². The number of hydrogen-bond acceptors (Lipinski definition) is 3. The fourth-order valence-electron chi connectivity index (χ4n) is 1.90. The first-order chi connectivity index (χ1) is 7.26. The molecule has 0 saturated carbocycles. The average molecular weight is 206 g/mol. The van der Waals surface area contributed by atoms with Gasteiger partial charge in [0.15, 0.2) is 0 Å². The van der Waals surface area contributed by atoms with Crippen LogP contribution in [0.1, 0.15) is 18.6 Å². The first-order valence-corrected chi connectivity index (χ1v) is 4.98. The molecule has 1 atom stereocenters. The molecule has 0 spiro atoms. The molecule has 0 aliphatic carbocycles. The van der Waals surface area contributed by atoms with E-state index in [-0.39, 0.29) is 11.5 Å². The predicted molar refractivity (Wildman–Crippen MR) is 55.3 cm³/mol. The van der Waals surface area contributed by atoms with Crippen molar-refractivity contribution >= 4 is 6.47 Å². The van der Waals surface area contributed by atoms with Crippen molar-refractivity contribution in [1.82, 2.24) is 0 Å². The number of ether oxygens (including phenoxy) is 2. The molecule has 1 aromatic rings. The van der Waals surface area contributed by atoms with E-state index < -0.39 is 0 Å². The SMILES string of the molecule is CC1(C(OC=O)c2ccccc2)COC1. The fourth-order valence-corrected chi connectivity index (χ4v) is 1.90. The molecule has 1 saturated heterocycles. The summed E-state index contributed by atoms with van der Waals surface area (Å²) in [5.41, 5.74) is 0.942. The average Bonchev–Trinajstić information content (AvgIpc) is 2.24. The van der Waals surface area contributed by atoms with Gasteiger partial charge in [0.2, 0.25) is 0 Å². The maximum Gasteiger partial charge on any atom is 0.293 e. The minimum Gasteiger partial charge on any atom is -0.459 e. The molecule has 1 fully saturated rings. The van der Waals surface area contributed by atoms with Crippen molar-refractivity contribution in [2.75, 3.05) is 13.2 Å². The first-order valence-electron chi connectivity index (χ1n) is 4.98. The largest absolute Gasteiger partial charge is 0.459 e. The number of hydrogen-bond donors (Lipinski definition) is 0. The Bertz CT molecular complexity index is 330. The van der Waals surface area contributed by atoms with Crippen LogP contribution in [0, 0.1) is 5.41 Å². The Labute approximate surface area is 89.0 Å². The van der Waals surface area contributed by atoms with E-state index in [0.717, 1.165) is 5.56 Å². The van der Waals surface area contributed by atoms with Crippen molar-refractivity contribution in [3.05, 3.63) is 35.9 Å². The zero-order chi connectivity index (χ0) is 10.7. The van der Waals surface area contributed by atoms with E-state index in [0.29, 0.717) is 19.7 Å². The summed E-state index contributed by atoms with van der Waals surface area (Å²) in [7, 11) is 0. The molecule has 0 aromatic heterocycles. The van der Waals surface area contributed by atoms with Gasteiger partial charge in [0.1, 0.15) is 6.10 Å². The molecule has 1 heterocycles. The summed E-state index contributed by atoms with van der Waals surface area (Å²) in [6, 6.07) is 9.77. The van der Waals surface area contributed by atoms with Gasteiger partial charge in [-0.2, -0.15) is 0 Å². The van der Waals surface area contributed by atoms with E-state index in [4.69, 9.17) is 9.47 Å². The van der Waals surface area contributed by atoms with Crippen LogP contribution in [0.25, 0.3) is 0 Å². The Balaban J connectivity index is 2.23. The van der Waals surface area contributed by atoms with Crippen LogP contribution < -0.4 is 0 Å². The van der Waals surface area contributed by atoms with Gasteiger partial charge in [-0.3, -0.25) is 4.79 Å². The van der Waals surface area contributed by atoms with Gasteiger partial charge < -0.3 is 9.47 Å². The summed E-state index contributed by atoms with van der Waals surface area (Å²) in [6.07, 6.45) is -0.204. The minimum atomic E-state index is -0.204. The van der Waals surface area contributed by atoms with E-state index in [1.54, 1.807) is 0 Å². The van der Waals surface area contributed by atoms with Crippen LogP contribution in [0.5, 0.6) is 0 Å². The summed E-state index contributed by atoms with van der Waals surface area (Å²) < 4.78 is 10.4. The Hall–Kier alpha value is -1.35. The van der Waals surface area contributed by atoms with E-state index >= 15 is 0 Å². The Morgan fingerprint density at radius 2 is 2.07 bits per heavy atom. The smallest absolute Gasteiger partial charge is 0.293 e. The molecule has 0 N–H and O–H groups in total. The van der Waals surface area contributed by atoms with Crippen molar-refractivity contribution < 1.29 is 14.3 Å². The van der Waals surface area contributed by atoms with E-state index in [1.807, 2.05) is 30.3 Å². The molecule has 1 aliphatic heterocycles. The highest BCUT2D eigenvalue weighted by molar-refractivity contribution is 5.39. The maximum absolute atomic E-state index is 10.5. The number of rotatable bonds is 4. The number of carbonyl (C=O) groups is 1. The van der Waals surface area contributed by atoms with Crippen LogP contribution in [-0.2, 0) is 14.3 Å². The summed E-state index contributed by atoms with van der Waals surface area (Å²) in [5.74, 6) is 0. The van der Waals surface area contributed by atoms with Crippen LogP contribution in [-0.4, -0.2) is 19.7 Å². The number of carbonyl (C=O) groups excluding carboxylic acids is 1. The van der Waals surface area contributed by atoms with Crippen LogP contribution in [0.15, 0.2) is 30.3 Å². The third-order valence-corrected chi connectivity index (χ3v) is 2.79. The highest BCUT2D eigenvalue weighted by atomic mass is 16.5.